The van der Waals surface area contributed by atoms with E-state index < -0.39 is 20.9 Å². The van der Waals surface area contributed by atoms with Gasteiger partial charge in [-0.1, -0.05) is 6.07 Å². The second-order valence-corrected chi connectivity index (χ2v) is 7.68. The Morgan fingerprint density at radius 1 is 1.12 bits per heavy atom. The van der Waals surface area contributed by atoms with E-state index in [0.29, 0.717) is 11.3 Å². The largest absolute Gasteiger partial charge is 0.322 e. The molecule has 0 aliphatic rings. The van der Waals surface area contributed by atoms with Crippen molar-refractivity contribution in [2.75, 3.05) is 19.4 Å². The van der Waals surface area contributed by atoms with Gasteiger partial charge in [0.1, 0.15) is 0 Å². The van der Waals surface area contributed by atoms with Crippen LogP contribution in [0.5, 0.6) is 0 Å². The fourth-order valence-electron chi connectivity index (χ4n) is 2.07. The maximum atomic E-state index is 12.2. The molecular formula is C16H17N3O5S. The number of nitro groups is 1. The number of benzene rings is 2. The molecule has 0 radical (unpaired) electrons. The van der Waals surface area contributed by atoms with E-state index in [0.717, 1.165) is 4.31 Å². The number of aryl methyl sites for hydroxylation is 1. The van der Waals surface area contributed by atoms with Crippen molar-refractivity contribution in [1.29, 1.82) is 0 Å². The van der Waals surface area contributed by atoms with E-state index >= 15 is 0 Å². The summed E-state index contributed by atoms with van der Waals surface area (Å²) in [6, 6.07) is 9.86. The number of hydrogen-bond donors (Lipinski definition) is 1. The van der Waals surface area contributed by atoms with Crippen LogP contribution in [-0.2, 0) is 10.0 Å². The number of hydrogen-bond acceptors (Lipinski definition) is 5. The molecule has 0 fully saturated rings. The maximum Gasteiger partial charge on any atom is 0.273 e. The second-order valence-electron chi connectivity index (χ2n) is 5.52. The minimum atomic E-state index is -3.55. The summed E-state index contributed by atoms with van der Waals surface area (Å²) in [6.07, 6.45) is 0. The van der Waals surface area contributed by atoms with Gasteiger partial charge in [-0.2, -0.15) is 0 Å². The topological polar surface area (TPSA) is 110 Å². The summed E-state index contributed by atoms with van der Waals surface area (Å²) in [6.45, 7) is 1.59. The van der Waals surface area contributed by atoms with Crippen LogP contribution in [0.15, 0.2) is 47.4 Å². The van der Waals surface area contributed by atoms with Gasteiger partial charge in [0.05, 0.1) is 9.82 Å². The quantitative estimate of drug-likeness (QED) is 0.648. The summed E-state index contributed by atoms with van der Waals surface area (Å²) in [4.78, 5) is 22.7. The number of carbonyl (C=O) groups is 1. The van der Waals surface area contributed by atoms with E-state index in [-0.39, 0.29) is 16.1 Å². The van der Waals surface area contributed by atoms with Gasteiger partial charge in [-0.15, -0.1) is 0 Å². The molecular weight excluding hydrogens is 346 g/mol. The van der Waals surface area contributed by atoms with E-state index in [4.69, 9.17) is 0 Å². The highest BCUT2D eigenvalue weighted by Gasteiger charge is 2.18. The summed E-state index contributed by atoms with van der Waals surface area (Å²) in [5.74, 6) is -0.522. The molecule has 132 valence electrons. The maximum absolute atomic E-state index is 12.2. The molecule has 0 unspecified atom stereocenters. The van der Waals surface area contributed by atoms with Crippen LogP contribution in [0.3, 0.4) is 0 Å². The Morgan fingerprint density at radius 3 is 2.24 bits per heavy atom. The average molecular weight is 363 g/mol. The van der Waals surface area contributed by atoms with Crippen LogP contribution in [0.25, 0.3) is 0 Å². The molecule has 8 nitrogen and oxygen atoms in total. The zero-order valence-corrected chi connectivity index (χ0v) is 14.7. The molecule has 25 heavy (non-hydrogen) atoms. The number of carbonyl (C=O) groups excluding carboxylic acids is 1. The number of nitrogens with zero attached hydrogens (tertiary/aromatic N) is 2. The highest BCUT2D eigenvalue weighted by Crippen LogP contribution is 2.21. The highest BCUT2D eigenvalue weighted by molar-refractivity contribution is 7.89. The molecule has 0 saturated carbocycles. The van der Waals surface area contributed by atoms with Crippen molar-refractivity contribution in [2.24, 2.45) is 0 Å². The minimum absolute atomic E-state index is 0.0986. The first-order valence-electron chi connectivity index (χ1n) is 7.22. The predicted octanol–water partition coefficient (Wildman–Crippen LogP) is 2.41. The van der Waals surface area contributed by atoms with Gasteiger partial charge in [-0.25, -0.2) is 12.7 Å². The summed E-state index contributed by atoms with van der Waals surface area (Å²) in [7, 11) is -0.697. The third-order valence-corrected chi connectivity index (χ3v) is 5.39. The highest BCUT2D eigenvalue weighted by atomic mass is 32.2. The Morgan fingerprint density at radius 2 is 1.72 bits per heavy atom. The number of rotatable bonds is 5. The van der Waals surface area contributed by atoms with E-state index in [9.17, 15) is 23.3 Å². The van der Waals surface area contributed by atoms with Crippen LogP contribution in [0.4, 0.5) is 11.4 Å². The Labute approximate surface area is 145 Å². The number of nitrogens with one attached hydrogen (secondary N) is 1. The lowest BCUT2D eigenvalue weighted by atomic mass is 10.1. The normalized spacial score (nSPS) is 11.4. The van der Waals surface area contributed by atoms with Crippen molar-refractivity contribution < 1.29 is 18.1 Å². The molecule has 2 rings (SSSR count). The summed E-state index contributed by atoms with van der Waals surface area (Å²) < 4.78 is 25.1. The van der Waals surface area contributed by atoms with E-state index in [2.05, 4.69) is 5.32 Å². The van der Waals surface area contributed by atoms with Gasteiger partial charge in [-0.05, 0) is 37.3 Å². The first-order valence-corrected chi connectivity index (χ1v) is 8.66. The number of nitro benzene ring substituents is 1. The number of amides is 1. The van der Waals surface area contributed by atoms with Gasteiger partial charge < -0.3 is 5.32 Å². The summed E-state index contributed by atoms with van der Waals surface area (Å²) in [5.41, 5.74) is 0.841. The minimum Gasteiger partial charge on any atom is -0.322 e. The molecule has 1 N–H and O–H groups in total. The zero-order chi connectivity index (χ0) is 18.8. The van der Waals surface area contributed by atoms with Crippen molar-refractivity contribution in [2.45, 2.75) is 11.8 Å². The van der Waals surface area contributed by atoms with Crippen LogP contribution in [0.1, 0.15) is 15.9 Å². The van der Waals surface area contributed by atoms with Crippen molar-refractivity contribution in [3.8, 4) is 0 Å². The van der Waals surface area contributed by atoms with Gasteiger partial charge in [0.2, 0.25) is 10.0 Å². The Kier molecular flexibility index (Phi) is 5.19. The molecule has 0 atom stereocenters. The summed E-state index contributed by atoms with van der Waals surface area (Å²) >= 11 is 0. The first-order chi connectivity index (χ1) is 11.6. The van der Waals surface area contributed by atoms with Crippen LogP contribution in [0, 0.1) is 17.0 Å². The predicted molar refractivity (Wildman–Crippen MR) is 93.1 cm³/mol. The van der Waals surface area contributed by atoms with Gasteiger partial charge in [0, 0.05) is 37.0 Å². The second kappa shape index (κ2) is 6.99. The third kappa shape index (κ3) is 4.01. The van der Waals surface area contributed by atoms with E-state index in [1.54, 1.807) is 6.92 Å². The van der Waals surface area contributed by atoms with Crippen molar-refractivity contribution in [3.63, 3.8) is 0 Å². The molecule has 0 aromatic heterocycles. The molecule has 2 aromatic rings. The standard InChI is InChI=1S/C16H17N3O5S/c1-11-4-5-12(10-15(11)19(21)22)16(20)17-13-6-8-14(9-7-13)25(23,24)18(2)3/h4-10H,1-3H3,(H,17,20). The van der Waals surface area contributed by atoms with Gasteiger partial charge in [0.15, 0.2) is 0 Å². The van der Waals surface area contributed by atoms with E-state index in [1.165, 1.54) is 56.6 Å². The molecule has 0 aliphatic carbocycles. The first kappa shape index (κ1) is 18.6. The fourth-order valence-corrected chi connectivity index (χ4v) is 2.97. The lowest BCUT2D eigenvalue weighted by Gasteiger charge is -2.12. The molecule has 0 saturated heterocycles. The lowest BCUT2D eigenvalue weighted by molar-refractivity contribution is -0.385. The van der Waals surface area contributed by atoms with Gasteiger partial charge in [-0.3, -0.25) is 14.9 Å². The third-order valence-electron chi connectivity index (χ3n) is 3.56. The fraction of sp³-hybridized carbons (Fsp3) is 0.188. The Balaban J connectivity index is 2.22. The van der Waals surface area contributed by atoms with Crippen LogP contribution in [-0.4, -0.2) is 37.6 Å². The molecule has 0 bridgehead atoms. The monoisotopic (exact) mass is 363 g/mol. The molecule has 0 aliphatic heterocycles. The molecule has 0 spiro atoms. The smallest absolute Gasteiger partial charge is 0.273 e. The van der Waals surface area contributed by atoms with Crippen LogP contribution < -0.4 is 5.32 Å². The van der Waals surface area contributed by atoms with Crippen molar-refractivity contribution in [1.82, 2.24) is 4.31 Å². The van der Waals surface area contributed by atoms with Gasteiger partial charge >= 0.3 is 0 Å². The SMILES string of the molecule is Cc1ccc(C(=O)Nc2ccc(S(=O)(=O)N(C)C)cc2)cc1[N+](=O)[O-]. The Bertz CT molecular complexity index is 921. The van der Waals surface area contributed by atoms with Crippen LogP contribution in [0.2, 0.25) is 0 Å². The number of sulfonamides is 1. The molecule has 1 amide bonds. The van der Waals surface area contributed by atoms with E-state index in [1.807, 2.05) is 0 Å². The summed E-state index contributed by atoms with van der Waals surface area (Å²) in [5, 5.41) is 13.5. The van der Waals surface area contributed by atoms with Crippen molar-refractivity contribution in [3.05, 3.63) is 63.7 Å². The van der Waals surface area contributed by atoms with Crippen LogP contribution >= 0.6 is 0 Å². The average Bonchev–Trinajstić information content (AvgIpc) is 2.55. The zero-order valence-electron chi connectivity index (χ0n) is 13.9. The van der Waals surface area contributed by atoms with Crippen molar-refractivity contribution >= 4 is 27.3 Å². The molecule has 2 aromatic carbocycles. The molecule has 0 heterocycles. The lowest BCUT2D eigenvalue weighted by Crippen LogP contribution is -2.22. The van der Waals surface area contributed by atoms with Gasteiger partial charge in [0.25, 0.3) is 11.6 Å². The molecule has 9 heteroatoms. The Hall–Kier alpha value is -2.78. The number of anilines is 1.